The monoisotopic (exact) mass is 191 g/mol. The number of amides is 2. The molecule has 1 aliphatic carbocycles. The van der Waals surface area contributed by atoms with Crippen LogP contribution in [0, 0.1) is 24.2 Å². The zero-order valence-electron chi connectivity index (χ0n) is 8.03. The second-order valence-corrected chi connectivity index (χ2v) is 3.94. The van der Waals surface area contributed by atoms with Crippen molar-refractivity contribution in [3.8, 4) is 12.3 Å². The van der Waals surface area contributed by atoms with Crippen molar-refractivity contribution in [3.05, 3.63) is 0 Å². The van der Waals surface area contributed by atoms with Crippen LogP contribution in [0.4, 0.5) is 0 Å². The molecule has 3 nitrogen and oxygen atoms in total. The topological polar surface area (TPSA) is 37.4 Å². The Balaban J connectivity index is 1.79. The number of hydrogen-bond acceptors (Lipinski definition) is 2. The molecule has 1 saturated carbocycles. The maximum Gasteiger partial charge on any atom is 0.233 e. The molecular formula is C11H13NO2. The first-order chi connectivity index (χ1) is 6.75. The fraction of sp³-hybridized carbons (Fsp3) is 0.636. The molecule has 0 N–H and O–H groups in total. The predicted molar refractivity (Wildman–Crippen MR) is 51.0 cm³/mol. The number of carbonyl (C=O) groups excluding carboxylic acids is 2. The Morgan fingerprint density at radius 1 is 1.29 bits per heavy atom. The summed E-state index contributed by atoms with van der Waals surface area (Å²) in [7, 11) is 0. The maximum atomic E-state index is 11.5. The van der Waals surface area contributed by atoms with Crippen molar-refractivity contribution in [1.29, 1.82) is 0 Å². The molecule has 1 saturated heterocycles. The summed E-state index contributed by atoms with van der Waals surface area (Å²) in [5.74, 6) is 2.70. The second kappa shape index (κ2) is 3.45. The van der Waals surface area contributed by atoms with Crippen molar-refractivity contribution in [3.63, 3.8) is 0 Å². The lowest BCUT2D eigenvalue weighted by molar-refractivity contribution is -0.141. The van der Waals surface area contributed by atoms with Gasteiger partial charge in [-0.2, -0.15) is 0 Å². The minimum Gasteiger partial charge on any atom is -0.282 e. The Hall–Kier alpha value is -1.30. The first-order valence-electron chi connectivity index (χ1n) is 5.04. The number of unbranched alkanes of at least 4 members (excludes halogenated alkanes) is 2. The van der Waals surface area contributed by atoms with E-state index in [1.165, 1.54) is 4.90 Å². The van der Waals surface area contributed by atoms with Crippen LogP contribution in [0.2, 0.25) is 0 Å². The van der Waals surface area contributed by atoms with Crippen molar-refractivity contribution in [2.75, 3.05) is 6.54 Å². The lowest BCUT2D eigenvalue weighted by Gasteiger charge is -2.15. The first kappa shape index (κ1) is 9.26. The van der Waals surface area contributed by atoms with Gasteiger partial charge in [-0.15, -0.1) is 12.3 Å². The maximum absolute atomic E-state index is 11.5. The van der Waals surface area contributed by atoms with Gasteiger partial charge in [0.05, 0.1) is 11.8 Å². The van der Waals surface area contributed by atoms with Gasteiger partial charge in [0, 0.05) is 13.0 Å². The SMILES string of the molecule is C#CCCCCN1C(=O)C2CC2C1=O. The zero-order valence-corrected chi connectivity index (χ0v) is 8.03. The van der Waals surface area contributed by atoms with Crippen LogP contribution in [0.5, 0.6) is 0 Å². The van der Waals surface area contributed by atoms with E-state index in [9.17, 15) is 9.59 Å². The van der Waals surface area contributed by atoms with Crippen LogP contribution in [0.15, 0.2) is 0 Å². The van der Waals surface area contributed by atoms with Crippen LogP contribution < -0.4 is 0 Å². The second-order valence-electron chi connectivity index (χ2n) is 3.94. The molecular weight excluding hydrogens is 178 g/mol. The molecule has 2 aliphatic rings. The van der Waals surface area contributed by atoms with E-state index in [1.54, 1.807) is 0 Å². The fourth-order valence-corrected chi connectivity index (χ4v) is 1.97. The average molecular weight is 191 g/mol. The van der Waals surface area contributed by atoms with Gasteiger partial charge >= 0.3 is 0 Å². The third kappa shape index (κ3) is 1.41. The Morgan fingerprint density at radius 2 is 1.93 bits per heavy atom. The molecule has 2 atom stereocenters. The van der Waals surface area contributed by atoms with E-state index in [0.29, 0.717) is 6.54 Å². The summed E-state index contributed by atoms with van der Waals surface area (Å²) in [4.78, 5) is 24.4. The average Bonchev–Trinajstić information content (AvgIpc) is 2.91. The van der Waals surface area contributed by atoms with Gasteiger partial charge in [0.1, 0.15) is 0 Å². The molecule has 2 fully saturated rings. The number of hydrogen-bond donors (Lipinski definition) is 0. The highest BCUT2D eigenvalue weighted by atomic mass is 16.2. The van der Waals surface area contributed by atoms with Crippen LogP contribution in [-0.4, -0.2) is 23.3 Å². The zero-order chi connectivity index (χ0) is 10.1. The number of carbonyl (C=O) groups is 2. The number of likely N-dealkylation sites (tertiary alicyclic amines) is 1. The van der Waals surface area contributed by atoms with Gasteiger partial charge in [-0.05, 0) is 19.3 Å². The Bertz CT molecular complexity index is 296. The molecule has 0 bridgehead atoms. The Labute approximate surface area is 83.5 Å². The van der Waals surface area contributed by atoms with E-state index in [4.69, 9.17) is 6.42 Å². The summed E-state index contributed by atoms with van der Waals surface area (Å²) >= 11 is 0. The molecule has 0 radical (unpaired) electrons. The number of rotatable bonds is 4. The number of piperidine rings is 1. The van der Waals surface area contributed by atoms with Gasteiger partial charge < -0.3 is 0 Å². The quantitative estimate of drug-likeness (QED) is 0.374. The minimum atomic E-state index is 0.0372. The van der Waals surface area contributed by atoms with Crippen molar-refractivity contribution in [1.82, 2.24) is 4.90 Å². The van der Waals surface area contributed by atoms with Gasteiger partial charge in [-0.3, -0.25) is 14.5 Å². The molecule has 1 aliphatic heterocycles. The standard InChI is InChI=1S/C11H13NO2/c1-2-3-4-5-6-12-10(13)8-7-9(8)11(12)14/h1,8-9H,3-7H2. The molecule has 74 valence electrons. The lowest BCUT2D eigenvalue weighted by Crippen LogP contribution is -2.33. The van der Waals surface area contributed by atoms with Gasteiger partial charge in [0.2, 0.25) is 11.8 Å². The Kier molecular flexibility index (Phi) is 2.28. The molecule has 0 aromatic carbocycles. The van der Waals surface area contributed by atoms with Crippen molar-refractivity contribution < 1.29 is 9.59 Å². The molecule has 14 heavy (non-hydrogen) atoms. The van der Waals surface area contributed by atoms with Gasteiger partial charge in [-0.25, -0.2) is 0 Å². The molecule has 0 aromatic rings. The lowest BCUT2D eigenvalue weighted by atomic mass is 10.2. The van der Waals surface area contributed by atoms with E-state index in [0.717, 1.165) is 25.7 Å². The van der Waals surface area contributed by atoms with Crippen molar-refractivity contribution in [2.24, 2.45) is 11.8 Å². The highest BCUT2D eigenvalue weighted by Gasteiger charge is 2.58. The van der Waals surface area contributed by atoms with Crippen LogP contribution in [0.3, 0.4) is 0 Å². The van der Waals surface area contributed by atoms with Gasteiger partial charge in [0.25, 0.3) is 0 Å². The van der Waals surface area contributed by atoms with Crippen molar-refractivity contribution >= 4 is 11.8 Å². The van der Waals surface area contributed by atoms with Crippen LogP contribution in [0.25, 0.3) is 0 Å². The minimum absolute atomic E-state index is 0.0372. The highest BCUT2D eigenvalue weighted by Crippen LogP contribution is 2.46. The molecule has 1 heterocycles. The number of fused-ring (bicyclic) bond motifs is 1. The smallest absolute Gasteiger partial charge is 0.233 e. The molecule has 2 rings (SSSR count). The summed E-state index contributed by atoms with van der Waals surface area (Å²) in [6.07, 6.45) is 8.35. The third-order valence-corrected chi connectivity index (χ3v) is 2.91. The summed E-state index contributed by atoms with van der Waals surface area (Å²) in [6, 6.07) is 0. The van der Waals surface area contributed by atoms with Gasteiger partial charge in [-0.1, -0.05) is 0 Å². The fourth-order valence-electron chi connectivity index (χ4n) is 1.97. The molecule has 0 spiro atoms. The summed E-state index contributed by atoms with van der Waals surface area (Å²) < 4.78 is 0. The van der Waals surface area contributed by atoms with E-state index in [2.05, 4.69) is 5.92 Å². The normalized spacial score (nSPS) is 28.9. The van der Waals surface area contributed by atoms with Crippen molar-refractivity contribution in [2.45, 2.75) is 25.7 Å². The largest absolute Gasteiger partial charge is 0.282 e. The number of terminal acetylenes is 1. The predicted octanol–water partition coefficient (Wildman–Crippen LogP) is 0.795. The van der Waals surface area contributed by atoms with E-state index in [1.807, 2.05) is 0 Å². The van der Waals surface area contributed by atoms with Crippen LogP contribution >= 0.6 is 0 Å². The summed E-state index contributed by atoms with van der Waals surface area (Å²) in [5, 5.41) is 0. The Morgan fingerprint density at radius 3 is 2.50 bits per heavy atom. The molecule has 3 heteroatoms. The number of imide groups is 1. The number of nitrogens with zero attached hydrogens (tertiary/aromatic N) is 1. The molecule has 0 aromatic heterocycles. The third-order valence-electron chi connectivity index (χ3n) is 2.91. The molecule has 2 unspecified atom stereocenters. The van der Waals surface area contributed by atoms with Crippen LogP contribution in [-0.2, 0) is 9.59 Å². The van der Waals surface area contributed by atoms with E-state index < -0.39 is 0 Å². The highest BCUT2D eigenvalue weighted by molar-refractivity contribution is 6.08. The van der Waals surface area contributed by atoms with E-state index in [-0.39, 0.29) is 23.7 Å². The van der Waals surface area contributed by atoms with Crippen LogP contribution in [0.1, 0.15) is 25.7 Å². The van der Waals surface area contributed by atoms with Gasteiger partial charge in [0.15, 0.2) is 0 Å². The van der Waals surface area contributed by atoms with E-state index >= 15 is 0 Å². The molecule has 2 amide bonds. The summed E-state index contributed by atoms with van der Waals surface area (Å²) in [6.45, 7) is 0.562. The first-order valence-corrected chi connectivity index (χ1v) is 5.04. The summed E-state index contributed by atoms with van der Waals surface area (Å²) in [5.41, 5.74) is 0.